The zero-order chi connectivity index (χ0) is 18.8. The molecular weight excluding hydrogens is 334 g/mol. The number of carbonyl (C=O) groups is 2. The fraction of sp³-hybridized carbons (Fsp3) is 0.733. The molecule has 2 amide bonds. The number of carbonyl (C=O) groups excluding carboxylic acids is 2. The Labute approximate surface area is 144 Å². The van der Waals surface area contributed by atoms with E-state index in [0.29, 0.717) is 24.1 Å². The summed E-state index contributed by atoms with van der Waals surface area (Å²) in [6, 6.07) is 0. The van der Waals surface area contributed by atoms with E-state index in [9.17, 15) is 22.6 Å². The molecule has 0 atom stereocenters. The lowest BCUT2D eigenvalue weighted by molar-refractivity contribution is -0.889. The van der Waals surface area contributed by atoms with Crippen LogP contribution in [0.25, 0.3) is 0 Å². The lowest BCUT2D eigenvalue weighted by atomic mass is 10.3. The van der Waals surface area contributed by atoms with Crippen molar-refractivity contribution in [2.75, 3.05) is 52.6 Å². The van der Waals surface area contributed by atoms with Crippen LogP contribution in [-0.4, -0.2) is 86.7 Å². The predicted octanol–water partition coefficient (Wildman–Crippen LogP) is -0.461. The highest BCUT2D eigenvalue weighted by molar-refractivity contribution is 7.85. The van der Waals surface area contributed by atoms with Crippen LogP contribution in [0.2, 0.25) is 0 Å². The van der Waals surface area contributed by atoms with Gasteiger partial charge in [0.1, 0.15) is 0 Å². The Morgan fingerprint density at radius 3 is 2.33 bits per heavy atom. The molecule has 24 heavy (non-hydrogen) atoms. The van der Waals surface area contributed by atoms with Gasteiger partial charge in [-0.25, -0.2) is 8.42 Å². The summed E-state index contributed by atoms with van der Waals surface area (Å²) in [5.74, 6) is -0.800. The highest BCUT2D eigenvalue weighted by Gasteiger charge is 2.18. The number of likely N-dealkylation sites (N-methyl/N-ethyl adjacent to an activating group) is 1. The number of rotatable bonds is 12. The monoisotopic (exact) mass is 363 g/mol. The van der Waals surface area contributed by atoms with Crippen molar-refractivity contribution >= 4 is 21.9 Å². The topological polar surface area (TPSA) is 107 Å². The van der Waals surface area contributed by atoms with Gasteiger partial charge in [-0.2, -0.15) is 0 Å². The van der Waals surface area contributed by atoms with Gasteiger partial charge in [-0.05, 0) is 12.5 Å². The molecule has 0 radical (unpaired) electrons. The highest BCUT2D eigenvalue weighted by atomic mass is 32.2. The minimum atomic E-state index is -4.25. The van der Waals surface area contributed by atoms with Crippen LogP contribution in [0.15, 0.2) is 12.7 Å². The molecule has 0 aliphatic carbocycles. The van der Waals surface area contributed by atoms with Gasteiger partial charge in [-0.15, -0.1) is 0 Å². The molecule has 0 rings (SSSR count). The molecule has 0 saturated heterocycles. The standard InChI is InChI=1S/C15H29N3O5S/c1-5-15(20)16-8-6-11-18(3,4)12-10-17(14(2)19)9-7-13-24(21,22)23/h5H,1,6-13H2,2-4H3,(H-,16,20,21,22,23). The Morgan fingerprint density at radius 1 is 1.21 bits per heavy atom. The van der Waals surface area contributed by atoms with E-state index in [1.54, 1.807) is 4.90 Å². The lowest BCUT2D eigenvalue weighted by Crippen LogP contribution is -2.47. The maximum absolute atomic E-state index is 11.6. The van der Waals surface area contributed by atoms with Crippen molar-refractivity contribution in [2.24, 2.45) is 0 Å². The number of quaternary nitrogens is 1. The molecular formula is C15H29N3O5S. The maximum atomic E-state index is 11.6. The average Bonchev–Trinajstić information content (AvgIpc) is 2.45. The van der Waals surface area contributed by atoms with Crippen molar-refractivity contribution in [3.05, 3.63) is 12.7 Å². The smallest absolute Gasteiger partial charge is 0.243 e. The van der Waals surface area contributed by atoms with Crippen LogP contribution in [0.5, 0.6) is 0 Å². The first-order valence-electron chi connectivity index (χ1n) is 7.88. The van der Waals surface area contributed by atoms with E-state index in [0.717, 1.165) is 13.0 Å². The van der Waals surface area contributed by atoms with Crippen LogP contribution in [0.1, 0.15) is 19.8 Å². The van der Waals surface area contributed by atoms with Gasteiger partial charge in [0.25, 0.3) is 0 Å². The second kappa shape index (κ2) is 10.4. The number of hydrogen-bond donors (Lipinski definition) is 1. The SMILES string of the molecule is C=CC(=O)NCCC[N+](C)(C)CCN(CCCS(=O)(=O)[O-])C(C)=O. The molecule has 0 saturated carbocycles. The fourth-order valence-electron chi connectivity index (χ4n) is 2.15. The number of nitrogens with one attached hydrogen (secondary N) is 1. The molecule has 140 valence electrons. The van der Waals surface area contributed by atoms with E-state index >= 15 is 0 Å². The summed E-state index contributed by atoms with van der Waals surface area (Å²) >= 11 is 0. The van der Waals surface area contributed by atoms with Crippen LogP contribution in [-0.2, 0) is 19.7 Å². The summed E-state index contributed by atoms with van der Waals surface area (Å²) in [6.07, 6.45) is 2.17. The molecule has 0 aromatic carbocycles. The summed E-state index contributed by atoms with van der Waals surface area (Å²) in [5, 5.41) is 2.71. The minimum Gasteiger partial charge on any atom is -0.748 e. The normalized spacial score (nSPS) is 11.8. The molecule has 0 fully saturated rings. The Morgan fingerprint density at radius 2 is 1.83 bits per heavy atom. The second-order valence-electron chi connectivity index (χ2n) is 6.35. The van der Waals surface area contributed by atoms with Gasteiger partial charge in [-0.1, -0.05) is 6.58 Å². The molecule has 1 N–H and O–H groups in total. The first-order chi connectivity index (χ1) is 11.0. The van der Waals surface area contributed by atoms with Crippen molar-refractivity contribution in [2.45, 2.75) is 19.8 Å². The van der Waals surface area contributed by atoms with Crippen molar-refractivity contribution in [3.8, 4) is 0 Å². The van der Waals surface area contributed by atoms with E-state index in [2.05, 4.69) is 11.9 Å². The van der Waals surface area contributed by atoms with Crippen LogP contribution in [0.4, 0.5) is 0 Å². The third-order valence-corrected chi connectivity index (χ3v) is 4.46. The van der Waals surface area contributed by atoms with Crippen LogP contribution in [0, 0.1) is 0 Å². The zero-order valence-electron chi connectivity index (χ0n) is 14.8. The van der Waals surface area contributed by atoms with Gasteiger partial charge in [0.15, 0.2) is 0 Å². The van der Waals surface area contributed by atoms with E-state index in [1.165, 1.54) is 13.0 Å². The van der Waals surface area contributed by atoms with Crippen molar-refractivity contribution in [1.82, 2.24) is 10.2 Å². The van der Waals surface area contributed by atoms with E-state index < -0.39 is 15.9 Å². The first-order valence-corrected chi connectivity index (χ1v) is 9.46. The number of nitrogens with zero attached hydrogens (tertiary/aromatic N) is 2. The zero-order valence-corrected chi connectivity index (χ0v) is 15.6. The van der Waals surface area contributed by atoms with Crippen LogP contribution in [0.3, 0.4) is 0 Å². The Bertz CT molecular complexity index is 531. The Balaban J connectivity index is 4.23. The quantitative estimate of drug-likeness (QED) is 0.218. The lowest BCUT2D eigenvalue weighted by Gasteiger charge is -2.32. The molecule has 0 bridgehead atoms. The third-order valence-electron chi connectivity index (χ3n) is 3.67. The summed E-state index contributed by atoms with van der Waals surface area (Å²) in [7, 11) is -0.199. The largest absolute Gasteiger partial charge is 0.748 e. The Hall–Kier alpha value is -1.45. The molecule has 0 unspecified atom stereocenters. The Kier molecular flexibility index (Phi) is 9.79. The minimum absolute atomic E-state index is 0.142. The van der Waals surface area contributed by atoms with Crippen LogP contribution < -0.4 is 5.32 Å². The number of hydrogen-bond acceptors (Lipinski definition) is 5. The molecule has 0 heterocycles. The van der Waals surface area contributed by atoms with Gasteiger partial charge in [0.05, 0.1) is 43.8 Å². The summed E-state index contributed by atoms with van der Waals surface area (Å²) in [5.41, 5.74) is 0. The van der Waals surface area contributed by atoms with Gasteiger partial charge in [0, 0.05) is 32.2 Å². The average molecular weight is 363 g/mol. The molecule has 9 heteroatoms. The summed E-state index contributed by atoms with van der Waals surface area (Å²) in [6.45, 7) is 7.62. The van der Waals surface area contributed by atoms with Crippen molar-refractivity contribution in [3.63, 3.8) is 0 Å². The van der Waals surface area contributed by atoms with Gasteiger partial charge >= 0.3 is 0 Å². The third kappa shape index (κ3) is 12.0. The summed E-state index contributed by atoms with van der Waals surface area (Å²) in [4.78, 5) is 24.2. The van der Waals surface area contributed by atoms with Crippen LogP contribution >= 0.6 is 0 Å². The summed E-state index contributed by atoms with van der Waals surface area (Å²) < 4.78 is 32.5. The second-order valence-corrected chi connectivity index (χ2v) is 7.88. The maximum Gasteiger partial charge on any atom is 0.243 e. The molecule has 8 nitrogen and oxygen atoms in total. The fourth-order valence-corrected chi connectivity index (χ4v) is 2.64. The van der Waals surface area contributed by atoms with Gasteiger partial charge in [-0.3, -0.25) is 9.59 Å². The molecule has 0 aromatic rings. The number of amides is 2. The molecule has 0 aromatic heterocycles. The van der Waals surface area contributed by atoms with Gasteiger partial charge in [0.2, 0.25) is 11.8 Å². The van der Waals surface area contributed by atoms with Gasteiger partial charge < -0.3 is 19.3 Å². The highest BCUT2D eigenvalue weighted by Crippen LogP contribution is 2.02. The molecule has 0 aliphatic rings. The predicted molar refractivity (Wildman–Crippen MR) is 91.1 cm³/mol. The van der Waals surface area contributed by atoms with E-state index in [4.69, 9.17) is 0 Å². The van der Waals surface area contributed by atoms with Crippen molar-refractivity contribution in [1.29, 1.82) is 0 Å². The molecule has 0 spiro atoms. The van der Waals surface area contributed by atoms with Crippen molar-refractivity contribution < 1.29 is 27.0 Å². The van der Waals surface area contributed by atoms with E-state index in [-0.39, 0.29) is 24.8 Å². The van der Waals surface area contributed by atoms with E-state index in [1.807, 2.05) is 14.1 Å². The first kappa shape index (κ1) is 22.6. The molecule has 0 aliphatic heterocycles.